The normalized spacial score (nSPS) is 10.1. The van der Waals surface area contributed by atoms with Crippen LogP contribution in [0, 0.1) is 5.82 Å². The summed E-state index contributed by atoms with van der Waals surface area (Å²) in [7, 11) is 1.57. The first-order valence-corrected chi connectivity index (χ1v) is 6.06. The highest BCUT2D eigenvalue weighted by Crippen LogP contribution is 2.20. The fraction of sp³-hybridized carbons (Fsp3) is 0.133. The smallest absolute Gasteiger partial charge is 0.228 e. The summed E-state index contributed by atoms with van der Waals surface area (Å²) in [6, 6.07) is 11.1. The molecule has 0 bridgehead atoms. The maximum absolute atomic E-state index is 12.9. The molecule has 5 heteroatoms. The molecule has 0 aliphatic heterocycles. The van der Waals surface area contributed by atoms with Crippen molar-refractivity contribution in [1.29, 1.82) is 0 Å². The van der Waals surface area contributed by atoms with E-state index in [0.29, 0.717) is 11.4 Å². The van der Waals surface area contributed by atoms with Crippen LogP contribution in [0.25, 0.3) is 0 Å². The lowest BCUT2D eigenvalue weighted by Gasteiger charge is -2.09. The molecule has 0 heterocycles. The SMILES string of the molecule is COc1cccc(CC(=O)Nc2ccc(F)cc2N)c1. The minimum absolute atomic E-state index is 0.189. The van der Waals surface area contributed by atoms with Crippen LogP contribution in [0.15, 0.2) is 42.5 Å². The summed E-state index contributed by atoms with van der Waals surface area (Å²) in [5.74, 6) is 0.0291. The molecule has 0 saturated heterocycles. The zero-order valence-corrected chi connectivity index (χ0v) is 11.0. The number of hydrogen-bond donors (Lipinski definition) is 2. The van der Waals surface area contributed by atoms with Gasteiger partial charge in [-0.25, -0.2) is 4.39 Å². The van der Waals surface area contributed by atoms with Crippen molar-refractivity contribution in [3.8, 4) is 5.75 Å². The second-order valence-corrected chi connectivity index (χ2v) is 4.31. The zero-order chi connectivity index (χ0) is 14.5. The van der Waals surface area contributed by atoms with E-state index < -0.39 is 5.82 Å². The third-order valence-electron chi connectivity index (χ3n) is 2.79. The molecule has 2 rings (SSSR count). The molecule has 0 aliphatic rings. The number of nitrogens with one attached hydrogen (secondary N) is 1. The molecule has 0 radical (unpaired) electrons. The summed E-state index contributed by atoms with van der Waals surface area (Å²) in [6.07, 6.45) is 0.189. The molecule has 0 aromatic heterocycles. The van der Waals surface area contributed by atoms with Crippen molar-refractivity contribution in [2.45, 2.75) is 6.42 Å². The van der Waals surface area contributed by atoms with E-state index in [-0.39, 0.29) is 18.0 Å². The van der Waals surface area contributed by atoms with Crippen LogP contribution >= 0.6 is 0 Å². The molecule has 0 atom stereocenters. The summed E-state index contributed by atoms with van der Waals surface area (Å²) >= 11 is 0. The average molecular weight is 274 g/mol. The van der Waals surface area contributed by atoms with Crippen LogP contribution in [0.5, 0.6) is 5.75 Å². The lowest BCUT2D eigenvalue weighted by molar-refractivity contribution is -0.115. The first kappa shape index (κ1) is 13.9. The topological polar surface area (TPSA) is 64.3 Å². The number of carbonyl (C=O) groups excluding carboxylic acids is 1. The predicted molar refractivity (Wildman–Crippen MR) is 76.1 cm³/mol. The molecule has 0 saturated carbocycles. The van der Waals surface area contributed by atoms with Crippen molar-refractivity contribution in [2.24, 2.45) is 0 Å². The largest absolute Gasteiger partial charge is 0.497 e. The number of ether oxygens (including phenoxy) is 1. The lowest BCUT2D eigenvalue weighted by atomic mass is 10.1. The second kappa shape index (κ2) is 6.06. The summed E-state index contributed by atoms with van der Waals surface area (Å²) in [5.41, 5.74) is 7.06. The number of rotatable bonds is 4. The summed E-state index contributed by atoms with van der Waals surface area (Å²) < 4.78 is 18.0. The van der Waals surface area contributed by atoms with Crippen LogP contribution in [0.2, 0.25) is 0 Å². The number of amides is 1. The molecule has 0 unspecified atom stereocenters. The van der Waals surface area contributed by atoms with Gasteiger partial charge in [-0.3, -0.25) is 4.79 Å². The van der Waals surface area contributed by atoms with Crippen molar-refractivity contribution < 1.29 is 13.9 Å². The fourth-order valence-electron chi connectivity index (χ4n) is 1.81. The monoisotopic (exact) mass is 274 g/mol. The van der Waals surface area contributed by atoms with Crippen LogP contribution in [-0.2, 0) is 11.2 Å². The minimum Gasteiger partial charge on any atom is -0.497 e. The minimum atomic E-state index is -0.437. The van der Waals surface area contributed by atoms with E-state index >= 15 is 0 Å². The Morgan fingerprint density at radius 1 is 1.30 bits per heavy atom. The predicted octanol–water partition coefficient (Wildman–Crippen LogP) is 2.60. The summed E-state index contributed by atoms with van der Waals surface area (Å²) in [4.78, 5) is 11.9. The highest BCUT2D eigenvalue weighted by atomic mass is 19.1. The van der Waals surface area contributed by atoms with Crippen LogP contribution < -0.4 is 15.8 Å². The number of anilines is 2. The Morgan fingerprint density at radius 3 is 2.80 bits per heavy atom. The van der Waals surface area contributed by atoms with Crippen molar-refractivity contribution >= 4 is 17.3 Å². The molecular formula is C15H15FN2O2. The number of benzene rings is 2. The number of methoxy groups -OCH3 is 1. The Kier molecular flexibility index (Phi) is 4.20. The van der Waals surface area contributed by atoms with Crippen molar-refractivity contribution in [1.82, 2.24) is 0 Å². The third-order valence-corrected chi connectivity index (χ3v) is 2.79. The quantitative estimate of drug-likeness (QED) is 0.842. The second-order valence-electron chi connectivity index (χ2n) is 4.31. The molecule has 104 valence electrons. The van der Waals surface area contributed by atoms with Gasteiger partial charge in [0.1, 0.15) is 11.6 Å². The molecule has 20 heavy (non-hydrogen) atoms. The lowest BCUT2D eigenvalue weighted by Crippen LogP contribution is -2.15. The summed E-state index contributed by atoms with van der Waals surface area (Å²) in [6.45, 7) is 0. The maximum Gasteiger partial charge on any atom is 0.228 e. The van der Waals surface area contributed by atoms with E-state index in [0.717, 1.165) is 5.56 Å². The Balaban J connectivity index is 2.05. The molecular weight excluding hydrogens is 259 g/mol. The Morgan fingerprint density at radius 2 is 2.10 bits per heavy atom. The summed E-state index contributed by atoms with van der Waals surface area (Å²) in [5, 5.41) is 2.65. The fourth-order valence-corrected chi connectivity index (χ4v) is 1.81. The van der Waals surface area contributed by atoms with Gasteiger partial charge in [0.25, 0.3) is 0 Å². The molecule has 0 fully saturated rings. The maximum atomic E-state index is 12.9. The van der Waals surface area contributed by atoms with E-state index in [4.69, 9.17) is 10.5 Å². The van der Waals surface area contributed by atoms with Gasteiger partial charge >= 0.3 is 0 Å². The van der Waals surface area contributed by atoms with Gasteiger partial charge in [0.2, 0.25) is 5.91 Å². The number of carbonyl (C=O) groups is 1. The van der Waals surface area contributed by atoms with E-state index in [2.05, 4.69) is 5.32 Å². The van der Waals surface area contributed by atoms with Crippen LogP contribution in [0.4, 0.5) is 15.8 Å². The first-order chi connectivity index (χ1) is 9.58. The van der Waals surface area contributed by atoms with Crippen molar-refractivity contribution in [2.75, 3.05) is 18.2 Å². The van der Waals surface area contributed by atoms with E-state index in [9.17, 15) is 9.18 Å². The molecule has 0 spiro atoms. The molecule has 2 aromatic rings. The Hall–Kier alpha value is -2.56. The highest BCUT2D eigenvalue weighted by molar-refractivity contribution is 5.95. The highest BCUT2D eigenvalue weighted by Gasteiger charge is 2.07. The Bertz CT molecular complexity index is 629. The number of nitrogens with two attached hydrogens (primary N) is 1. The van der Waals surface area contributed by atoms with Gasteiger partial charge in [0.15, 0.2) is 0 Å². The zero-order valence-electron chi connectivity index (χ0n) is 11.0. The van der Waals surface area contributed by atoms with E-state index in [1.54, 1.807) is 19.2 Å². The van der Waals surface area contributed by atoms with Crippen LogP contribution in [0.3, 0.4) is 0 Å². The average Bonchev–Trinajstić information content (AvgIpc) is 2.42. The first-order valence-electron chi connectivity index (χ1n) is 6.06. The van der Waals surface area contributed by atoms with E-state index in [1.165, 1.54) is 18.2 Å². The molecule has 3 N–H and O–H groups in total. The number of nitrogen functional groups attached to an aromatic ring is 1. The Labute approximate surface area is 116 Å². The van der Waals surface area contributed by atoms with Gasteiger partial charge in [-0.15, -0.1) is 0 Å². The molecule has 1 amide bonds. The third kappa shape index (κ3) is 3.47. The van der Waals surface area contributed by atoms with Crippen molar-refractivity contribution in [3.63, 3.8) is 0 Å². The van der Waals surface area contributed by atoms with E-state index in [1.807, 2.05) is 12.1 Å². The molecule has 0 aliphatic carbocycles. The van der Waals surface area contributed by atoms with Gasteiger partial charge in [-0.2, -0.15) is 0 Å². The van der Waals surface area contributed by atoms with Gasteiger partial charge in [-0.1, -0.05) is 12.1 Å². The van der Waals surface area contributed by atoms with Gasteiger partial charge in [0, 0.05) is 0 Å². The van der Waals surface area contributed by atoms with Gasteiger partial charge < -0.3 is 15.8 Å². The molecule has 2 aromatic carbocycles. The standard InChI is InChI=1S/C15H15FN2O2/c1-20-12-4-2-3-10(7-12)8-15(19)18-14-6-5-11(16)9-13(14)17/h2-7,9H,8,17H2,1H3,(H,18,19). The van der Waals surface area contributed by atoms with Crippen molar-refractivity contribution in [3.05, 3.63) is 53.8 Å². The van der Waals surface area contributed by atoms with Crippen LogP contribution in [0.1, 0.15) is 5.56 Å². The van der Waals surface area contributed by atoms with Crippen LogP contribution in [-0.4, -0.2) is 13.0 Å². The molecule has 4 nitrogen and oxygen atoms in total. The van der Waals surface area contributed by atoms with Gasteiger partial charge in [-0.05, 0) is 35.9 Å². The number of hydrogen-bond acceptors (Lipinski definition) is 3. The number of halogens is 1. The van der Waals surface area contributed by atoms with Gasteiger partial charge in [0.05, 0.1) is 24.9 Å².